The highest BCUT2D eigenvalue weighted by molar-refractivity contribution is 6.00. The van der Waals surface area contributed by atoms with Gasteiger partial charge in [0.05, 0.1) is 18.2 Å². The number of nitrogens with one attached hydrogen (secondary N) is 3. The second-order valence-corrected chi connectivity index (χ2v) is 15.4. The van der Waals surface area contributed by atoms with Crippen molar-refractivity contribution in [2.24, 2.45) is 17.8 Å². The Labute approximate surface area is 286 Å². The van der Waals surface area contributed by atoms with Gasteiger partial charge in [-0.3, -0.25) is 19.3 Å². The number of aliphatic hydroxyl groups excluding tert-OH is 1. The van der Waals surface area contributed by atoms with E-state index >= 15 is 0 Å². The molecule has 5 rings (SSSR count). The van der Waals surface area contributed by atoms with Gasteiger partial charge in [0.1, 0.15) is 6.04 Å². The van der Waals surface area contributed by atoms with Crippen LogP contribution in [-0.2, 0) is 16.0 Å². The van der Waals surface area contributed by atoms with Gasteiger partial charge in [-0.15, -0.1) is 0 Å². The fourth-order valence-corrected chi connectivity index (χ4v) is 7.51. The summed E-state index contributed by atoms with van der Waals surface area (Å²) in [6, 6.07) is 21.4. The van der Waals surface area contributed by atoms with Gasteiger partial charge >= 0.3 is 0 Å². The van der Waals surface area contributed by atoms with Gasteiger partial charge in [0.15, 0.2) is 0 Å². The van der Waals surface area contributed by atoms with Crippen LogP contribution < -0.4 is 16.0 Å². The first-order valence-corrected chi connectivity index (χ1v) is 17.8. The van der Waals surface area contributed by atoms with E-state index in [0.717, 1.165) is 42.1 Å². The Bertz CT molecular complexity index is 1550. The van der Waals surface area contributed by atoms with Gasteiger partial charge in [0.25, 0.3) is 5.91 Å². The van der Waals surface area contributed by atoms with E-state index < -0.39 is 18.2 Å². The zero-order valence-electron chi connectivity index (χ0n) is 29.2. The van der Waals surface area contributed by atoms with Crippen molar-refractivity contribution in [3.05, 3.63) is 83.9 Å². The molecule has 1 aliphatic heterocycles. The fraction of sp³-hybridized carbons (Fsp3) is 0.525. The van der Waals surface area contributed by atoms with Crippen LogP contribution in [0.5, 0.6) is 0 Å². The summed E-state index contributed by atoms with van der Waals surface area (Å²) < 4.78 is 0. The molecule has 2 fully saturated rings. The first-order chi connectivity index (χ1) is 22.9. The maximum atomic E-state index is 14.0. The van der Waals surface area contributed by atoms with E-state index in [1.54, 1.807) is 6.07 Å². The standard InChI is InChI=1S/C40H54N4O4/c1-26(2)36(42-37(46)31-20-19-28-15-9-10-16-29(28)22-31)39(48)41-33(21-27-13-7-6-8-14-27)35(45)25-44-24-32-18-12-11-17-30(32)23-34(44)38(47)43-40(3,4)5/h6-10,13-16,19-20,22,26,30,32-36,45H,11-12,17-18,21,23-25H2,1-5H3,(H,41,48)(H,42,46)(H,43,47)/t30?,32?,33-,34-,35+,36-/m0/s1. The van der Waals surface area contributed by atoms with Crippen molar-refractivity contribution >= 4 is 28.5 Å². The molecule has 0 bridgehead atoms. The van der Waals surface area contributed by atoms with E-state index in [9.17, 15) is 19.5 Å². The van der Waals surface area contributed by atoms with Gasteiger partial charge in [-0.2, -0.15) is 0 Å². The van der Waals surface area contributed by atoms with Crippen molar-refractivity contribution in [3.63, 3.8) is 0 Å². The van der Waals surface area contributed by atoms with E-state index in [1.807, 2.05) is 101 Å². The molecule has 2 aliphatic rings. The third kappa shape index (κ3) is 9.23. The molecule has 0 radical (unpaired) electrons. The number of fused-ring (bicyclic) bond motifs is 2. The summed E-state index contributed by atoms with van der Waals surface area (Å²) in [6.07, 6.45) is 4.95. The van der Waals surface area contributed by atoms with Crippen LogP contribution in [0.3, 0.4) is 0 Å². The lowest BCUT2D eigenvalue weighted by atomic mass is 9.72. The second-order valence-electron chi connectivity index (χ2n) is 15.4. The Kier molecular flexibility index (Phi) is 11.6. The topological polar surface area (TPSA) is 111 Å². The molecule has 1 aliphatic carbocycles. The van der Waals surface area contributed by atoms with Crippen molar-refractivity contribution in [1.29, 1.82) is 0 Å². The highest BCUT2D eigenvalue weighted by Crippen LogP contribution is 2.39. The zero-order valence-corrected chi connectivity index (χ0v) is 29.2. The molecule has 2 unspecified atom stereocenters. The number of likely N-dealkylation sites (tertiary alicyclic amines) is 1. The minimum Gasteiger partial charge on any atom is -0.390 e. The van der Waals surface area contributed by atoms with Gasteiger partial charge in [-0.25, -0.2) is 0 Å². The molecular formula is C40H54N4O4. The second kappa shape index (κ2) is 15.6. The molecule has 1 saturated carbocycles. The van der Waals surface area contributed by atoms with Crippen LogP contribution in [-0.4, -0.2) is 70.6 Å². The summed E-state index contributed by atoms with van der Waals surface area (Å²) in [7, 11) is 0. The van der Waals surface area contributed by atoms with Gasteiger partial charge in [-0.05, 0) is 86.3 Å². The van der Waals surface area contributed by atoms with E-state index in [-0.39, 0.29) is 41.8 Å². The minimum absolute atomic E-state index is 0.00126. The first-order valence-electron chi connectivity index (χ1n) is 17.8. The molecule has 6 atom stereocenters. The van der Waals surface area contributed by atoms with Crippen LogP contribution in [0.1, 0.15) is 82.6 Å². The molecule has 0 aromatic heterocycles. The van der Waals surface area contributed by atoms with Crippen LogP contribution in [0.25, 0.3) is 10.8 Å². The van der Waals surface area contributed by atoms with Crippen LogP contribution >= 0.6 is 0 Å². The number of piperidine rings is 1. The Morgan fingerprint density at radius 2 is 1.54 bits per heavy atom. The molecule has 4 N–H and O–H groups in total. The van der Waals surface area contributed by atoms with E-state index in [4.69, 9.17) is 0 Å². The molecule has 3 aromatic carbocycles. The van der Waals surface area contributed by atoms with Crippen molar-refractivity contribution in [2.75, 3.05) is 13.1 Å². The lowest BCUT2D eigenvalue weighted by Gasteiger charge is -2.47. The summed E-state index contributed by atoms with van der Waals surface area (Å²) in [5, 5.41) is 23.2. The Morgan fingerprint density at radius 3 is 2.23 bits per heavy atom. The predicted molar refractivity (Wildman–Crippen MR) is 191 cm³/mol. The third-order valence-electron chi connectivity index (χ3n) is 10.1. The summed E-state index contributed by atoms with van der Waals surface area (Å²) in [5.74, 6) is 0.159. The normalized spacial score (nSPS) is 21.9. The van der Waals surface area contributed by atoms with Crippen LogP contribution in [0.4, 0.5) is 0 Å². The highest BCUT2D eigenvalue weighted by atomic mass is 16.3. The van der Waals surface area contributed by atoms with Crippen molar-refractivity contribution in [2.45, 2.75) is 103 Å². The van der Waals surface area contributed by atoms with Crippen molar-refractivity contribution in [3.8, 4) is 0 Å². The smallest absolute Gasteiger partial charge is 0.251 e. The van der Waals surface area contributed by atoms with E-state index in [1.165, 1.54) is 12.8 Å². The molecule has 1 heterocycles. The van der Waals surface area contributed by atoms with Crippen LogP contribution in [0.2, 0.25) is 0 Å². The molecule has 0 spiro atoms. The number of β-amino-alcohol motifs (C(OH)–C–C–N with tert-alkyl or cyclic N) is 1. The number of nitrogens with zero attached hydrogens (tertiary/aromatic N) is 1. The summed E-state index contributed by atoms with van der Waals surface area (Å²) >= 11 is 0. The predicted octanol–water partition coefficient (Wildman–Crippen LogP) is 5.48. The lowest BCUT2D eigenvalue weighted by molar-refractivity contribution is -0.133. The van der Waals surface area contributed by atoms with Gasteiger partial charge in [-0.1, -0.05) is 93.8 Å². The molecule has 8 nitrogen and oxygen atoms in total. The first kappa shape index (κ1) is 35.6. The maximum Gasteiger partial charge on any atom is 0.251 e. The number of hydrogen-bond acceptors (Lipinski definition) is 5. The average molecular weight is 655 g/mol. The number of aliphatic hydroxyl groups is 1. The molecule has 8 heteroatoms. The highest BCUT2D eigenvalue weighted by Gasteiger charge is 2.42. The van der Waals surface area contributed by atoms with Gasteiger partial charge in [0, 0.05) is 24.2 Å². The quantitative estimate of drug-likeness (QED) is 0.219. The zero-order chi connectivity index (χ0) is 34.4. The molecular weight excluding hydrogens is 600 g/mol. The molecule has 48 heavy (non-hydrogen) atoms. The van der Waals surface area contributed by atoms with Crippen molar-refractivity contribution in [1.82, 2.24) is 20.9 Å². The fourth-order valence-electron chi connectivity index (χ4n) is 7.51. The summed E-state index contributed by atoms with van der Waals surface area (Å²) in [4.78, 5) is 43.2. The SMILES string of the molecule is CC(C)[C@H](NC(=O)c1ccc2ccccc2c1)C(=O)N[C@@H](Cc1ccccc1)[C@H](O)CN1CC2CCCCC2C[C@H]1C(=O)NC(C)(C)C. The maximum absolute atomic E-state index is 14.0. The Balaban J connectivity index is 1.34. The Morgan fingerprint density at radius 1 is 0.875 bits per heavy atom. The number of amides is 3. The number of rotatable bonds is 11. The monoisotopic (exact) mass is 654 g/mol. The van der Waals surface area contributed by atoms with Gasteiger partial charge in [0.2, 0.25) is 11.8 Å². The number of carbonyl (C=O) groups excluding carboxylic acids is 3. The van der Waals surface area contributed by atoms with Crippen LogP contribution in [0, 0.1) is 17.8 Å². The molecule has 3 amide bonds. The summed E-state index contributed by atoms with van der Waals surface area (Å²) in [5.41, 5.74) is 1.10. The van der Waals surface area contributed by atoms with Gasteiger partial charge < -0.3 is 21.1 Å². The number of benzene rings is 3. The number of hydrogen-bond donors (Lipinski definition) is 4. The Hall–Kier alpha value is -3.75. The van der Waals surface area contributed by atoms with E-state index in [2.05, 4.69) is 20.9 Å². The molecule has 258 valence electrons. The number of carbonyl (C=O) groups is 3. The molecule has 3 aromatic rings. The van der Waals surface area contributed by atoms with Crippen LogP contribution in [0.15, 0.2) is 72.8 Å². The minimum atomic E-state index is -0.941. The van der Waals surface area contributed by atoms with Crippen molar-refractivity contribution < 1.29 is 19.5 Å². The average Bonchev–Trinajstić information content (AvgIpc) is 3.05. The summed E-state index contributed by atoms with van der Waals surface area (Å²) in [6.45, 7) is 10.8. The van der Waals surface area contributed by atoms with E-state index in [0.29, 0.717) is 23.8 Å². The molecule has 1 saturated heterocycles. The largest absolute Gasteiger partial charge is 0.390 e. The third-order valence-corrected chi connectivity index (χ3v) is 10.1. The lowest BCUT2D eigenvalue weighted by Crippen LogP contribution is -2.61.